The first-order valence-electron chi connectivity index (χ1n) is 13.5. The summed E-state index contributed by atoms with van der Waals surface area (Å²) in [5.41, 5.74) is 1.10. The number of amides is 3. The molecule has 1 aliphatic heterocycles. The third-order valence-corrected chi connectivity index (χ3v) is 7.48. The van der Waals surface area contributed by atoms with Crippen LogP contribution >= 0.6 is 0 Å². The van der Waals surface area contributed by atoms with Gasteiger partial charge in [0.2, 0.25) is 0 Å². The van der Waals surface area contributed by atoms with Crippen molar-refractivity contribution >= 4 is 28.5 Å². The summed E-state index contributed by atoms with van der Waals surface area (Å²) >= 11 is 0. The summed E-state index contributed by atoms with van der Waals surface area (Å²) in [4.78, 5) is 53.8. The number of nitrogens with zero attached hydrogens (tertiary/aromatic N) is 3. The van der Waals surface area contributed by atoms with E-state index in [0.29, 0.717) is 48.4 Å². The molecule has 5 rings (SSSR count). The van der Waals surface area contributed by atoms with Gasteiger partial charge in [0.25, 0.3) is 11.5 Å². The molecule has 1 aliphatic carbocycles. The predicted molar refractivity (Wildman–Crippen MR) is 148 cm³/mol. The zero-order chi connectivity index (χ0) is 27.8. The number of piperidine rings is 1. The van der Waals surface area contributed by atoms with Gasteiger partial charge in [-0.2, -0.15) is 0 Å². The van der Waals surface area contributed by atoms with E-state index in [9.17, 15) is 23.6 Å². The van der Waals surface area contributed by atoms with E-state index in [0.717, 1.165) is 18.4 Å². The summed E-state index contributed by atoms with van der Waals surface area (Å²) in [5.74, 6) is -0.734. The standard InChI is InChI=1S/C29H34FN5O4/c1-17(2)35-25-11-9-20(14-23(25)27(37)34(29(35)39)15-19-7-8-19)32-28(38)33-12-4-5-21(16-33)31-26(36)22-13-18(3)6-10-24(22)30/h6,9-11,13-14,17,19,21H,4-5,7-8,12,15-16H2,1-3H3,(H,31,36)(H,32,38)/t21-/m1/s1. The van der Waals surface area contributed by atoms with E-state index in [1.165, 1.54) is 16.7 Å². The number of hydrogen-bond acceptors (Lipinski definition) is 4. The van der Waals surface area contributed by atoms with Crippen molar-refractivity contribution in [3.63, 3.8) is 0 Å². The Labute approximate surface area is 225 Å². The highest BCUT2D eigenvalue weighted by atomic mass is 19.1. The second-order valence-corrected chi connectivity index (χ2v) is 11.0. The number of anilines is 1. The van der Waals surface area contributed by atoms with Crippen molar-refractivity contribution < 1.29 is 14.0 Å². The smallest absolute Gasteiger partial charge is 0.331 e. The van der Waals surface area contributed by atoms with Crippen LogP contribution in [0.3, 0.4) is 0 Å². The quantitative estimate of drug-likeness (QED) is 0.497. The van der Waals surface area contributed by atoms with Crippen LogP contribution in [0, 0.1) is 18.7 Å². The largest absolute Gasteiger partial charge is 0.347 e. The fourth-order valence-electron chi connectivity index (χ4n) is 5.24. The highest BCUT2D eigenvalue weighted by molar-refractivity contribution is 5.95. The van der Waals surface area contributed by atoms with E-state index in [4.69, 9.17) is 0 Å². The molecule has 1 atom stereocenters. The van der Waals surface area contributed by atoms with E-state index in [1.54, 1.807) is 40.7 Å². The third-order valence-electron chi connectivity index (χ3n) is 7.48. The number of fused-ring (bicyclic) bond motifs is 1. The van der Waals surface area contributed by atoms with Gasteiger partial charge in [-0.05, 0) is 82.7 Å². The molecule has 2 aliphatic rings. The molecule has 2 aromatic carbocycles. The number of carbonyl (C=O) groups excluding carboxylic acids is 2. The number of rotatable bonds is 6. The lowest BCUT2D eigenvalue weighted by Crippen LogP contribution is -2.50. The van der Waals surface area contributed by atoms with Gasteiger partial charge in [-0.1, -0.05) is 11.6 Å². The molecule has 3 amide bonds. The summed E-state index contributed by atoms with van der Waals surface area (Å²) < 4.78 is 17.1. The lowest BCUT2D eigenvalue weighted by atomic mass is 10.0. The molecule has 0 spiro atoms. The normalized spacial score (nSPS) is 17.5. The number of halogens is 1. The number of hydrogen-bond donors (Lipinski definition) is 2. The average Bonchev–Trinajstić information content (AvgIpc) is 3.72. The topological polar surface area (TPSA) is 105 Å². The SMILES string of the molecule is Cc1ccc(F)c(C(=O)N[C@@H]2CCCN(C(=O)Nc3ccc4c(c3)c(=O)n(CC3CC3)c(=O)n4C(C)C)C2)c1. The van der Waals surface area contributed by atoms with Crippen LogP contribution < -0.4 is 21.9 Å². The molecule has 9 nitrogen and oxygen atoms in total. The highest BCUT2D eigenvalue weighted by Gasteiger charge is 2.27. The Hall–Kier alpha value is -3.95. The van der Waals surface area contributed by atoms with Gasteiger partial charge in [-0.25, -0.2) is 14.0 Å². The fourth-order valence-corrected chi connectivity index (χ4v) is 5.24. The monoisotopic (exact) mass is 535 g/mol. The van der Waals surface area contributed by atoms with Crippen LogP contribution in [-0.2, 0) is 6.54 Å². The number of aryl methyl sites for hydroxylation is 1. The number of nitrogens with one attached hydrogen (secondary N) is 2. The Kier molecular flexibility index (Phi) is 7.29. The number of carbonyl (C=O) groups is 2. The van der Waals surface area contributed by atoms with E-state index in [-0.39, 0.29) is 41.5 Å². The van der Waals surface area contributed by atoms with Crippen LogP contribution in [0.2, 0.25) is 0 Å². The predicted octanol–water partition coefficient (Wildman–Crippen LogP) is 4.03. The van der Waals surface area contributed by atoms with Gasteiger partial charge < -0.3 is 15.5 Å². The van der Waals surface area contributed by atoms with Gasteiger partial charge in [-0.15, -0.1) is 0 Å². The van der Waals surface area contributed by atoms with Crippen molar-refractivity contribution in [1.82, 2.24) is 19.4 Å². The summed E-state index contributed by atoms with van der Waals surface area (Å²) in [6.45, 7) is 6.79. The molecular formula is C29H34FN5O4. The van der Waals surface area contributed by atoms with Crippen LogP contribution in [0.4, 0.5) is 14.9 Å². The van der Waals surface area contributed by atoms with E-state index in [2.05, 4.69) is 10.6 Å². The molecule has 10 heteroatoms. The molecule has 3 aromatic rings. The maximum atomic E-state index is 14.2. The van der Waals surface area contributed by atoms with Crippen molar-refractivity contribution in [2.24, 2.45) is 5.92 Å². The van der Waals surface area contributed by atoms with Crippen molar-refractivity contribution in [3.8, 4) is 0 Å². The fraction of sp³-hybridized carbons (Fsp3) is 0.448. The summed E-state index contributed by atoms with van der Waals surface area (Å²) in [6.07, 6.45) is 3.38. The summed E-state index contributed by atoms with van der Waals surface area (Å²) in [7, 11) is 0. The highest BCUT2D eigenvalue weighted by Crippen LogP contribution is 2.30. The maximum Gasteiger partial charge on any atom is 0.331 e. The molecule has 1 aromatic heterocycles. The minimum absolute atomic E-state index is 0.0139. The second-order valence-electron chi connectivity index (χ2n) is 11.0. The van der Waals surface area contributed by atoms with Crippen LogP contribution in [0.15, 0.2) is 46.0 Å². The second kappa shape index (κ2) is 10.7. The number of urea groups is 1. The van der Waals surface area contributed by atoms with E-state index in [1.807, 2.05) is 13.8 Å². The van der Waals surface area contributed by atoms with Crippen LogP contribution in [-0.4, -0.2) is 45.1 Å². The molecule has 2 heterocycles. The molecule has 1 saturated carbocycles. The summed E-state index contributed by atoms with van der Waals surface area (Å²) in [5, 5.41) is 6.10. The first-order valence-corrected chi connectivity index (χ1v) is 13.5. The Morgan fingerprint density at radius 3 is 2.56 bits per heavy atom. The zero-order valence-electron chi connectivity index (χ0n) is 22.5. The van der Waals surface area contributed by atoms with Gasteiger partial charge in [0.05, 0.1) is 16.5 Å². The molecular weight excluding hydrogens is 501 g/mol. The Bertz CT molecular complexity index is 1560. The van der Waals surface area contributed by atoms with Gasteiger partial charge in [0.15, 0.2) is 0 Å². The Morgan fingerprint density at radius 2 is 1.85 bits per heavy atom. The molecule has 1 saturated heterocycles. The average molecular weight is 536 g/mol. The van der Waals surface area contributed by atoms with Gasteiger partial charge in [0.1, 0.15) is 5.82 Å². The lowest BCUT2D eigenvalue weighted by molar-refractivity contribution is 0.0908. The van der Waals surface area contributed by atoms with Crippen LogP contribution in [0.5, 0.6) is 0 Å². The minimum Gasteiger partial charge on any atom is -0.347 e. The first kappa shape index (κ1) is 26.6. The van der Waals surface area contributed by atoms with Crippen molar-refractivity contribution in [2.75, 3.05) is 18.4 Å². The van der Waals surface area contributed by atoms with Crippen molar-refractivity contribution in [2.45, 2.75) is 65.1 Å². The summed E-state index contributed by atoms with van der Waals surface area (Å²) in [6, 6.07) is 8.59. The minimum atomic E-state index is -0.584. The van der Waals surface area contributed by atoms with Crippen LogP contribution in [0.25, 0.3) is 10.9 Å². The number of aromatic nitrogens is 2. The van der Waals surface area contributed by atoms with Crippen LogP contribution in [0.1, 0.15) is 61.5 Å². The first-order chi connectivity index (χ1) is 18.6. The maximum absolute atomic E-state index is 14.2. The molecule has 2 fully saturated rings. The number of likely N-dealkylation sites (tertiary alicyclic amines) is 1. The molecule has 39 heavy (non-hydrogen) atoms. The van der Waals surface area contributed by atoms with Gasteiger partial charge in [-0.3, -0.25) is 18.7 Å². The van der Waals surface area contributed by atoms with Crippen molar-refractivity contribution in [3.05, 3.63) is 74.2 Å². The third kappa shape index (κ3) is 5.60. The van der Waals surface area contributed by atoms with Crippen molar-refractivity contribution in [1.29, 1.82) is 0 Å². The molecule has 0 radical (unpaired) electrons. The molecule has 0 bridgehead atoms. The van der Waals surface area contributed by atoms with E-state index < -0.39 is 11.7 Å². The number of benzene rings is 2. The zero-order valence-corrected chi connectivity index (χ0v) is 22.5. The molecule has 0 unspecified atom stereocenters. The van der Waals surface area contributed by atoms with Gasteiger partial charge >= 0.3 is 11.7 Å². The van der Waals surface area contributed by atoms with Gasteiger partial charge in [0, 0.05) is 37.4 Å². The Morgan fingerprint density at radius 1 is 1.08 bits per heavy atom. The lowest BCUT2D eigenvalue weighted by Gasteiger charge is -2.33. The molecule has 2 N–H and O–H groups in total. The Balaban J connectivity index is 1.33. The molecule has 206 valence electrons. The van der Waals surface area contributed by atoms with E-state index >= 15 is 0 Å².